The van der Waals surface area contributed by atoms with Crippen molar-refractivity contribution in [1.29, 1.82) is 0 Å². The molecule has 33 heavy (non-hydrogen) atoms. The van der Waals surface area contributed by atoms with Gasteiger partial charge in [-0.25, -0.2) is 8.78 Å². The van der Waals surface area contributed by atoms with Crippen LogP contribution < -0.4 is 10.6 Å². The molecule has 3 atom stereocenters. The number of para-hydroxylation sites is 1. The van der Waals surface area contributed by atoms with Crippen LogP contribution in [0.3, 0.4) is 0 Å². The molecule has 0 aliphatic carbocycles. The first-order valence-corrected chi connectivity index (χ1v) is 11.0. The summed E-state index contributed by atoms with van der Waals surface area (Å²) in [4.78, 5) is 12.7. The molecule has 1 heterocycles. The van der Waals surface area contributed by atoms with Crippen molar-refractivity contribution in [3.8, 4) is 0 Å². The minimum atomic E-state index is -0.966. The average Bonchev–Trinajstić information content (AvgIpc) is 3.18. The van der Waals surface area contributed by atoms with Crippen LogP contribution in [0.2, 0.25) is 0 Å². The van der Waals surface area contributed by atoms with Crippen molar-refractivity contribution in [2.45, 2.75) is 44.5 Å². The number of nitrogens with zero attached hydrogens (tertiary/aromatic N) is 1. The maximum atomic E-state index is 13.7. The second-order valence-electron chi connectivity index (χ2n) is 8.31. The number of amides is 1. The maximum absolute atomic E-state index is 13.7. The zero-order valence-electron chi connectivity index (χ0n) is 18.9. The Balaban J connectivity index is 1.65. The zero-order chi connectivity index (χ0) is 23.8. The highest BCUT2D eigenvalue weighted by molar-refractivity contribution is 5.80. The Morgan fingerprint density at radius 2 is 1.88 bits per heavy atom. The summed E-state index contributed by atoms with van der Waals surface area (Å²) in [6.07, 6.45) is 1.26. The Labute approximate surface area is 192 Å². The number of aryl methyl sites for hydroxylation is 1. The van der Waals surface area contributed by atoms with E-state index in [0.717, 1.165) is 17.0 Å². The molecule has 3 rings (SSSR count). The summed E-state index contributed by atoms with van der Waals surface area (Å²) >= 11 is 0. The molecule has 0 aliphatic heterocycles. The number of ether oxygens (including phenoxy) is 1. The van der Waals surface area contributed by atoms with E-state index in [1.54, 1.807) is 7.11 Å². The summed E-state index contributed by atoms with van der Waals surface area (Å²) in [6.45, 7) is 3.03. The number of fused-ring (bicyclic) bond motifs is 1. The first kappa shape index (κ1) is 24.8. The molecule has 1 unspecified atom stereocenters. The van der Waals surface area contributed by atoms with Crippen LogP contribution in [0.15, 0.2) is 54.7 Å². The molecule has 0 bridgehead atoms. The van der Waals surface area contributed by atoms with Crippen LogP contribution in [-0.4, -0.2) is 54.0 Å². The predicted octanol–water partition coefficient (Wildman–Crippen LogP) is 3.02. The van der Waals surface area contributed by atoms with E-state index in [1.165, 1.54) is 12.1 Å². The van der Waals surface area contributed by atoms with Gasteiger partial charge in [-0.15, -0.1) is 0 Å². The lowest BCUT2D eigenvalue weighted by Crippen LogP contribution is -2.50. The molecule has 3 aromatic rings. The highest BCUT2D eigenvalue weighted by Crippen LogP contribution is 2.16. The fourth-order valence-electron chi connectivity index (χ4n) is 3.88. The minimum absolute atomic E-state index is 0.00497. The van der Waals surface area contributed by atoms with Gasteiger partial charge in [0.15, 0.2) is 0 Å². The van der Waals surface area contributed by atoms with E-state index in [9.17, 15) is 18.7 Å². The fraction of sp³-hybridized carbons (Fsp3) is 0.400. The quantitative estimate of drug-likeness (QED) is 0.389. The summed E-state index contributed by atoms with van der Waals surface area (Å²) < 4.78 is 34.4. The molecule has 0 radical (unpaired) electrons. The molecule has 0 saturated carbocycles. The number of benzene rings is 2. The molecule has 0 aliphatic rings. The Hall–Kier alpha value is -2.81. The molecular weight excluding hydrogens is 428 g/mol. The van der Waals surface area contributed by atoms with Gasteiger partial charge in [0.1, 0.15) is 11.6 Å². The van der Waals surface area contributed by atoms with Crippen molar-refractivity contribution in [2.24, 2.45) is 0 Å². The van der Waals surface area contributed by atoms with Crippen LogP contribution in [0, 0.1) is 11.6 Å². The second-order valence-corrected chi connectivity index (χ2v) is 8.31. The van der Waals surface area contributed by atoms with E-state index in [0.29, 0.717) is 18.7 Å². The number of aromatic nitrogens is 1. The van der Waals surface area contributed by atoms with Gasteiger partial charge in [0, 0.05) is 50.4 Å². The third-order valence-electron chi connectivity index (χ3n) is 5.54. The van der Waals surface area contributed by atoms with E-state index >= 15 is 0 Å². The SMILES string of the molecule is COCC(C)NC[C@@H](O)[C@H](Cc1cc(F)cc(F)c1)NC(=O)CCn1ccc2ccccc21. The Bertz CT molecular complexity index is 1040. The molecule has 0 saturated heterocycles. The van der Waals surface area contributed by atoms with Crippen molar-refractivity contribution in [3.63, 3.8) is 0 Å². The van der Waals surface area contributed by atoms with Crippen molar-refractivity contribution in [3.05, 3.63) is 71.9 Å². The predicted molar refractivity (Wildman–Crippen MR) is 124 cm³/mol. The largest absolute Gasteiger partial charge is 0.390 e. The van der Waals surface area contributed by atoms with E-state index in [-0.39, 0.29) is 31.3 Å². The molecule has 178 valence electrons. The molecule has 0 spiro atoms. The average molecular weight is 460 g/mol. The van der Waals surface area contributed by atoms with E-state index in [2.05, 4.69) is 10.6 Å². The van der Waals surface area contributed by atoms with Gasteiger partial charge in [0.2, 0.25) is 5.91 Å². The van der Waals surface area contributed by atoms with E-state index in [1.807, 2.05) is 48.0 Å². The smallest absolute Gasteiger partial charge is 0.222 e. The van der Waals surface area contributed by atoms with Crippen molar-refractivity contribution in [2.75, 3.05) is 20.3 Å². The number of carbonyl (C=O) groups excluding carboxylic acids is 1. The van der Waals surface area contributed by atoms with Crippen LogP contribution in [0.25, 0.3) is 10.9 Å². The second kappa shape index (κ2) is 11.9. The number of hydrogen-bond donors (Lipinski definition) is 3. The van der Waals surface area contributed by atoms with Crippen LogP contribution >= 0.6 is 0 Å². The molecule has 1 amide bonds. The standard InChI is InChI=1S/C25H31F2N3O3/c1-17(16-33-2)28-15-24(31)22(13-18-11-20(26)14-21(27)12-18)29-25(32)8-10-30-9-7-19-5-3-4-6-23(19)30/h3-7,9,11-12,14,17,22,24,28,31H,8,10,13,15-16H2,1-2H3,(H,29,32)/t17?,22-,24+/m0/s1. The highest BCUT2D eigenvalue weighted by Gasteiger charge is 2.23. The third kappa shape index (κ3) is 7.35. The number of carbonyl (C=O) groups is 1. The number of nitrogens with one attached hydrogen (secondary N) is 2. The molecular formula is C25H31F2N3O3. The lowest BCUT2D eigenvalue weighted by atomic mass is 10.00. The van der Waals surface area contributed by atoms with E-state index < -0.39 is 23.8 Å². The number of halogens is 2. The van der Waals surface area contributed by atoms with Crippen LogP contribution in [-0.2, 0) is 22.5 Å². The van der Waals surface area contributed by atoms with E-state index in [4.69, 9.17) is 4.74 Å². The van der Waals surface area contributed by atoms with Gasteiger partial charge in [-0.3, -0.25) is 4.79 Å². The number of methoxy groups -OCH3 is 1. The molecule has 6 nitrogen and oxygen atoms in total. The van der Waals surface area contributed by atoms with Gasteiger partial charge >= 0.3 is 0 Å². The van der Waals surface area contributed by atoms with Crippen LogP contribution in [0.1, 0.15) is 18.9 Å². The van der Waals surface area contributed by atoms with Crippen molar-refractivity contribution >= 4 is 16.8 Å². The van der Waals surface area contributed by atoms with Gasteiger partial charge in [-0.05, 0) is 48.6 Å². The number of aliphatic hydroxyl groups excluding tert-OH is 1. The van der Waals surface area contributed by atoms with Crippen LogP contribution in [0.5, 0.6) is 0 Å². The molecule has 3 N–H and O–H groups in total. The fourth-order valence-corrected chi connectivity index (χ4v) is 3.88. The number of hydrogen-bond acceptors (Lipinski definition) is 4. The third-order valence-corrected chi connectivity index (χ3v) is 5.54. The first-order valence-electron chi connectivity index (χ1n) is 11.0. The van der Waals surface area contributed by atoms with Gasteiger partial charge < -0.3 is 25.0 Å². The topological polar surface area (TPSA) is 75.5 Å². The molecule has 8 heteroatoms. The lowest BCUT2D eigenvalue weighted by Gasteiger charge is -2.26. The van der Waals surface area contributed by atoms with Crippen molar-refractivity contribution < 1.29 is 23.4 Å². The van der Waals surface area contributed by atoms with Gasteiger partial charge in [0.25, 0.3) is 0 Å². The zero-order valence-corrected chi connectivity index (χ0v) is 18.9. The van der Waals surface area contributed by atoms with Crippen LogP contribution in [0.4, 0.5) is 8.78 Å². The summed E-state index contributed by atoms with van der Waals surface area (Å²) in [5.74, 6) is -1.65. The minimum Gasteiger partial charge on any atom is -0.390 e. The van der Waals surface area contributed by atoms with Crippen molar-refractivity contribution in [1.82, 2.24) is 15.2 Å². The Morgan fingerprint density at radius 3 is 2.61 bits per heavy atom. The number of aliphatic hydroxyl groups is 1. The Kier molecular flexibility index (Phi) is 8.94. The van der Waals surface area contributed by atoms with Gasteiger partial charge in [-0.2, -0.15) is 0 Å². The Morgan fingerprint density at radius 1 is 1.15 bits per heavy atom. The monoisotopic (exact) mass is 459 g/mol. The maximum Gasteiger partial charge on any atom is 0.222 e. The summed E-state index contributed by atoms with van der Waals surface area (Å²) in [6, 6.07) is 12.4. The summed E-state index contributed by atoms with van der Waals surface area (Å²) in [5.41, 5.74) is 1.40. The highest BCUT2D eigenvalue weighted by atomic mass is 19.1. The summed E-state index contributed by atoms with van der Waals surface area (Å²) in [5, 5.41) is 17.8. The summed E-state index contributed by atoms with van der Waals surface area (Å²) in [7, 11) is 1.59. The molecule has 1 aromatic heterocycles. The number of rotatable bonds is 12. The molecule has 2 aromatic carbocycles. The normalized spacial score (nSPS) is 14.2. The first-order chi connectivity index (χ1) is 15.9. The van der Waals surface area contributed by atoms with Gasteiger partial charge in [0.05, 0.1) is 18.8 Å². The lowest BCUT2D eigenvalue weighted by molar-refractivity contribution is -0.122. The molecule has 0 fully saturated rings. The van der Waals surface area contributed by atoms with Gasteiger partial charge in [-0.1, -0.05) is 18.2 Å².